The predicted molar refractivity (Wildman–Crippen MR) is 108 cm³/mol. The number of benzene rings is 2. The van der Waals surface area contributed by atoms with Crippen LogP contribution in [0.1, 0.15) is 43.7 Å². The van der Waals surface area contributed by atoms with Gasteiger partial charge in [0.1, 0.15) is 5.75 Å². The molecular weight excluding hydrogens is 328 g/mol. The van der Waals surface area contributed by atoms with E-state index >= 15 is 0 Å². The normalized spacial score (nSPS) is 13.6. The number of nitrogens with one attached hydrogen (secondary N) is 1. The molecule has 3 rings (SSSR count). The molecule has 0 aliphatic heterocycles. The SMILES string of the molecule is COc1ccc(NC(=S)N(Cc2ccc(C(C)C)cc2)C2CC2)cc1. The Bertz CT molecular complexity index is 706. The number of hydrogen-bond donors (Lipinski definition) is 1. The van der Waals surface area contributed by atoms with Crippen molar-refractivity contribution in [2.24, 2.45) is 0 Å². The number of methoxy groups -OCH3 is 1. The van der Waals surface area contributed by atoms with Gasteiger partial charge in [0.05, 0.1) is 7.11 Å². The van der Waals surface area contributed by atoms with Gasteiger partial charge in [0, 0.05) is 18.3 Å². The highest BCUT2D eigenvalue weighted by atomic mass is 32.1. The molecule has 1 saturated carbocycles. The van der Waals surface area contributed by atoms with Gasteiger partial charge in [-0.05, 0) is 66.4 Å². The molecule has 2 aromatic carbocycles. The van der Waals surface area contributed by atoms with Gasteiger partial charge in [0.15, 0.2) is 5.11 Å². The first-order chi connectivity index (χ1) is 12.1. The second-order valence-electron chi connectivity index (χ2n) is 6.91. The lowest BCUT2D eigenvalue weighted by Gasteiger charge is -2.26. The molecule has 1 aliphatic rings. The number of rotatable bonds is 6. The van der Waals surface area contributed by atoms with E-state index in [1.165, 1.54) is 24.0 Å². The smallest absolute Gasteiger partial charge is 0.173 e. The van der Waals surface area contributed by atoms with E-state index in [9.17, 15) is 0 Å². The maximum atomic E-state index is 5.68. The molecule has 1 fully saturated rings. The largest absolute Gasteiger partial charge is 0.497 e. The molecule has 0 atom stereocenters. The van der Waals surface area contributed by atoms with Crippen LogP contribution >= 0.6 is 12.2 Å². The molecule has 1 aliphatic carbocycles. The quantitative estimate of drug-likeness (QED) is 0.723. The van der Waals surface area contributed by atoms with Crippen molar-refractivity contribution in [3.63, 3.8) is 0 Å². The molecule has 0 spiro atoms. The Hall–Kier alpha value is -2.07. The summed E-state index contributed by atoms with van der Waals surface area (Å²) < 4.78 is 5.20. The molecule has 0 saturated heterocycles. The molecule has 0 heterocycles. The molecule has 25 heavy (non-hydrogen) atoms. The van der Waals surface area contributed by atoms with Crippen LogP contribution in [-0.2, 0) is 6.54 Å². The van der Waals surface area contributed by atoms with E-state index in [-0.39, 0.29) is 0 Å². The van der Waals surface area contributed by atoms with Gasteiger partial charge in [0.25, 0.3) is 0 Å². The van der Waals surface area contributed by atoms with Crippen molar-refractivity contribution >= 4 is 23.0 Å². The first-order valence-electron chi connectivity index (χ1n) is 8.87. The van der Waals surface area contributed by atoms with Gasteiger partial charge in [-0.15, -0.1) is 0 Å². The molecule has 3 nitrogen and oxygen atoms in total. The number of anilines is 1. The second-order valence-corrected chi connectivity index (χ2v) is 7.30. The lowest BCUT2D eigenvalue weighted by atomic mass is 10.0. The van der Waals surface area contributed by atoms with E-state index in [0.717, 1.165) is 23.1 Å². The Labute approximate surface area is 156 Å². The monoisotopic (exact) mass is 354 g/mol. The van der Waals surface area contributed by atoms with Gasteiger partial charge < -0.3 is 15.0 Å². The summed E-state index contributed by atoms with van der Waals surface area (Å²) in [6.07, 6.45) is 2.43. The third kappa shape index (κ3) is 4.73. The van der Waals surface area contributed by atoms with Gasteiger partial charge in [0.2, 0.25) is 0 Å². The third-order valence-corrected chi connectivity index (χ3v) is 4.93. The maximum Gasteiger partial charge on any atom is 0.173 e. The molecule has 132 valence electrons. The van der Waals surface area contributed by atoms with E-state index in [4.69, 9.17) is 17.0 Å². The lowest BCUT2D eigenvalue weighted by molar-refractivity contribution is 0.409. The third-order valence-electron chi connectivity index (χ3n) is 4.59. The van der Waals surface area contributed by atoms with Crippen molar-refractivity contribution in [3.05, 3.63) is 59.7 Å². The van der Waals surface area contributed by atoms with Crippen LogP contribution < -0.4 is 10.1 Å². The summed E-state index contributed by atoms with van der Waals surface area (Å²) in [6, 6.07) is 17.3. The standard InChI is InChI=1S/C21H26N2OS/c1-15(2)17-6-4-16(5-7-17)14-23(19-10-11-19)21(25)22-18-8-12-20(24-3)13-9-18/h4-9,12-13,15,19H,10-11,14H2,1-3H3,(H,22,25). The van der Waals surface area contributed by atoms with Crippen LogP contribution in [0.4, 0.5) is 5.69 Å². The van der Waals surface area contributed by atoms with Crippen LogP contribution in [0.3, 0.4) is 0 Å². The molecule has 1 N–H and O–H groups in total. The Kier molecular flexibility index (Phi) is 5.59. The van der Waals surface area contributed by atoms with Crippen LogP contribution in [0.15, 0.2) is 48.5 Å². The number of nitrogens with zero attached hydrogens (tertiary/aromatic N) is 1. The fourth-order valence-electron chi connectivity index (χ4n) is 2.83. The number of hydrogen-bond acceptors (Lipinski definition) is 2. The van der Waals surface area contributed by atoms with Crippen molar-refractivity contribution in [2.75, 3.05) is 12.4 Å². The molecule has 0 aromatic heterocycles. The molecule has 4 heteroatoms. The Balaban J connectivity index is 1.66. The van der Waals surface area contributed by atoms with Crippen molar-refractivity contribution in [1.82, 2.24) is 4.90 Å². The highest BCUT2D eigenvalue weighted by molar-refractivity contribution is 7.80. The second kappa shape index (κ2) is 7.87. The molecule has 0 amide bonds. The highest BCUT2D eigenvalue weighted by Gasteiger charge is 2.30. The molecule has 0 bridgehead atoms. The minimum absolute atomic E-state index is 0.558. The zero-order chi connectivity index (χ0) is 17.8. The fraction of sp³-hybridized carbons (Fsp3) is 0.381. The van der Waals surface area contributed by atoms with Gasteiger partial charge in [-0.1, -0.05) is 38.1 Å². The highest BCUT2D eigenvalue weighted by Crippen LogP contribution is 2.29. The average molecular weight is 355 g/mol. The van der Waals surface area contributed by atoms with Crippen LogP contribution in [0.25, 0.3) is 0 Å². The average Bonchev–Trinajstić information content (AvgIpc) is 3.45. The zero-order valence-electron chi connectivity index (χ0n) is 15.2. The number of ether oxygens (including phenoxy) is 1. The van der Waals surface area contributed by atoms with Crippen molar-refractivity contribution in [3.8, 4) is 5.75 Å². The minimum Gasteiger partial charge on any atom is -0.497 e. The summed E-state index contributed by atoms with van der Waals surface area (Å²) in [5, 5.41) is 4.16. The van der Waals surface area contributed by atoms with Crippen molar-refractivity contribution < 1.29 is 4.74 Å². The van der Waals surface area contributed by atoms with E-state index in [0.29, 0.717) is 12.0 Å². The van der Waals surface area contributed by atoms with E-state index in [1.807, 2.05) is 24.3 Å². The van der Waals surface area contributed by atoms with Crippen LogP contribution in [0, 0.1) is 0 Å². The fourth-order valence-corrected chi connectivity index (χ4v) is 3.16. The van der Waals surface area contributed by atoms with Gasteiger partial charge in [-0.25, -0.2) is 0 Å². The van der Waals surface area contributed by atoms with E-state index < -0.39 is 0 Å². The Morgan fingerprint density at radius 3 is 2.28 bits per heavy atom. The molecular formula is C21H26N2OS. The van der Waals surface area contributed by atoms with Gasteiger partial charge in [-0.2, -0.15) is 0 Å². The molecule has 0 unspecified atom stereocenters. The van der Waals surface area contributed by atoms with Gasteiger partial charge in [-0.3, -0.25) is 0 Å². The van der Waals surface area contributed by atoms with Crippen LogP contribution in [0.2, 0.25) is 0 Å². The Morgan fingerprint density at radius 1 is 1.12 bits per heavy atom. The molecule has 0 radical (unpaired) electrons. The van der Waals surface area contributed by atoms with Crippen LogP contribution in [0.5, 0.6) is 5.75 Å². The van der Waals surface area contributed by atoms with Crippen molar-refractivity contribution in [1.29, 1.82) is 0 Å². The van der Waals surface area contributed by atoms with Gasteiger partial charge >= 0.3 is 0 Å². The maximum absolute atomic E-state index is 5.68. The summed E-state index contributed by atoms with van der Waals surface area (Å²) in [7, 11) is 1.67. The zero-order valence-corrected chi connectivity index (χ0v) is 16.0. The van der Waals surface area contributed by atoms with Crippen LogP contribution in [-0.4, -0.2) is 23.2 Å². The summed E-state index contributed by atoms with van der Waals surface area (Å²) in [5.41, 5.74) is 3.67. The Morgan fingerprint density at radius 2 is 1.76 bits per heavy atom. The topological polar surface area (TPSA) is 24.5 Å². The first kappa shape index (κ1) is 17.7. The predicted octanol–water partition coefficient (Wildman–Crippen LogP) is 5.18. The first-order valence-corrected chi connectivity index (χ1v) is 9.28. The summed E-state index contributed by atoms with van der Waals surface area (Å²) >= 11 is 5.68. The lowest BCUT2D eigenvalue weighted by Crippen LogP contribution is -2.36. The number of thiocarbonyl (C=S) groups is 1. The van der Waals surface area contributed by atoms with E-state index in [1.54, 1.807) is 7.11 Å². The van der Waals surface area contributed by atoms with Crippen molar-refractivity contribution in [2.45, 2.75) is 45.2 Å². The summed E-state index contributed by atoms with van der Waals surface area (Å²) in [5.74, 6) is 1.41. The summed E-state index contributed by atoms with van der Waals surface area (Å²) in [4.78, 5) is 2.31. The summed E-state index contributed by atoms with van der Waals surface area (Å²) in [6.45, 7) is 5.30. The van der Waals surface area contributed by atoms with E-state index in [2.05, 4.69) is 48.3 Å². The molecule has 2 aromatic rings. The minimum atomic E-state index is 0.558.